The topological polar surface area (TPSA) is 46.4 Å². The fourth-order valence-electron chi connectivity index (χ4n) is 2.85. The second-order valence-corrected chi connectivity index (χ2v) is 6.81. The number of hydrazone groups is 1. The maximum Gasteiger partial charge on any atom is 0.273 e. The van der Waals surface area contributed by atoms with Gasteiger partial charge in [-0.05, 0) is 42.5 Å². The molecule has 126 valence electrons. The third-order valence-corrected chi connectivity index (χ3v) is 4.62. The molecule has 0 atom stereocenters. The number of carbonyl (C=O) groups excluding carboxylic acids is 1. The van der Waals surface area contributed by atoms with Crippen molar-refractivity contribution in [1.29, 1.82) is 0 Å². The number of rotatable bonds is 5. The van der Waals surface area contributed by atoms with Crippen LogP contribution in [0.3, 0.4) is 0 Å². The summed E-state index contributed by atoms with van der Waals surface area (Å²) in [6.07, 6.45) is 6.05. The molecule has 0 radical (unpaired) electrons. The molecule has 3 aromatic rings. The van der Waals surface area contributed by atoms with E-state index in [0.29, 0.717) is 18.0 Å². The van der Waals surface area contributed by atoms with Gasteiger partial charge in [-0.25, -0.2) is 5.43 Å². The van der Waals surface area contributed by atoms with E-state index in [1.807, 2.05) is 60.9 Å². The summed E-state index contributed by atoms with van der Waals surface area (Å²) in [5, 5.41) is 5.71. The van der Waals surface area contributed by atoms with Crippen molar-refractivity contribution in [2.24, 2.45) is 11.0 Å². The molecule has 1 aromatic heterocycles. The van der Waals surface area contributed by atoms with E-state index in [9.17, 15) is 4.79 Å². The average molecular weight is 352 g/mol. The number of amides is 1. The molecule has 5 heteroatoms. The highest BCUT2D eigenvalue weighted by atomic mass is 35.5. The largest absolute Gasteiger partial charge is 0.342 e. The number of hydrogen-bond acceptors (Lipinski definition) is 2. The number of halogens is 1. The van der Waals surface area contributed by atoms with Crippen LogP contribution in [0.15, 0.2) is 59.8 Å². The summed E-state index contributed by atoms with van der Waals surface area (Å²) in [6.45, 7) is 0.677. The monoisotopic (exact) mass is 351 g/mol. The first-order valence-electron chi connectivity index (χ1n) is 8.36. The van der Waals surface area contributed by atoms with E-state index in [1.54, 1.807) is 0 Å². The lowest BCUT2D eigenvalue weighted by Gasteiger charge is -2.05. The number of hydrogen-bond donors (Lipinski definition) is 1. The molecule has 4 rings (SSSR count). The first-order chi connectivity index (χ1) is 12.2. The molecule has 1 heterocycles. The van der Waals surface area contributed by atoms with E-state index < -0.39 is 0 Å². The van der Waals surface area contributed by atoms with Gasteiger partial charge in [0.05, 0.1) is 5.56 Å². The van der Waals surface area contributed by atoms with Crippen LogP contribution in [0.2, 0.25) is 5.02 Å². The first-order valence-corrected chi connectivity index (χ1v) is 8.74. The molecular weight excluding hydrogens is 334 g/mol. The van der Waals surface area contributed by atoms with Crippen molar-refractivity contribution in [3.63, 3.8) is 0 Å². The molecule has 25 heavy (non-hydrogen) atoms. The minimum Gasteiger partial charge on any atom is -0.342 e. The molecule has 0 aliphatic heterocycles. The van der Waals surface area contributed by atoms with Crippen molar-refractivity contribution in [3.05, 3.63) is 70.9 Å². The summed E-state index contributed by atoms with van der Waals surface area (Å²) in [4.78, 5) is 12.5. The number of nitrogens with one attached hydrogen (secondary N) is 1. The Labute approximate surface area is 151 Å². The highest BCUT2D eigenvalue weighted by Gasteiger charge is 2.19. The zero-order chi connectivity index (χ0) is 17.2. The second kappa shape index (κ2) is 6.73. The van der Waals surface area contributed by atoms with Gasteiger partial charge in [0.1, 0.15) is 0 Å². The quantitative estimate of drug-likeness (QED) is 0.535. The summed E-state index contributed by atoms with van der Waals surface area (Å²) >= 11 is 5.96. The molecule has 4 nitrogen and oxygen atoms in total. The maximum absolute atomic E-state index is 12.5. The molecular formula is C20H18ClN3O. The van der Waals surface area contributed by atoms with Crippen LogP contribution in [-0.4, -0.2) is 16.7 Å². The first kappa shape index (κ1) is 15.9. The van der Waals surface area contributed by atoms with Crippen LogP contribution in [-0.2, 0) is 6.54 Å². The molecule has 1 fully saturated rings. The van der Waals surface area contributed by atoms with Gasteiger partial charge >= 0.3 is 0 Å². The molecule has 1 amide bonds. The third kappa shape index (κ3) is 3.59. The molecule has 0 unspecified atom stereocenters. The second-order valence-electron chi connectivity index (χ2n) is 6.37. The standard InChI is InChI=1S/C20H18ClN3O/c21-16-9-7-15(8-10-16)12-24-13-18(17-3-1-2-4-19(17)24)20(25)23-22-11-14-5-6-14/h1-4,7-11,13-14H,5-6,12H2,(H,23,25)/b22-11+. The van der Waals surface area contributed by atoms with E-state index in [2.05, 4.69) is 15.1 Å². The van der Waals surface area contributed by atoms with Gasteiger partial charge in [-0.3, -0.25) is 4.79 Å². The van der Waals surface area contributed by atoms with Crippen LogP contribution < -0.4 is 5.43 Å². The summed E-state index contributed by atoms with van der Waals surface area (Å²) in [5.74, 6) is 0.356. The van der Waals surface area contributed by atoms with Crippen molar-refractivity contribution in [3.8, 4) is 0 Å². The summed E-state index contributed by atoms with van der Waals surface area (Å²) in [6, 6.07) is 15.7. The predicted octanol–water partition coefficient (Wildman–Crippen LogP) is 4.47. The molecule has 0 saturated heterocycles. The lowest BCUT2D eigenvalue weighted by Crippen LogP contribution is -2.17. The zero-order valence-electron chi connectivity index (χ0n) is 13.7. The molecule has 2 aromatic carbocycles. The number of fused-ring (bicyclic) bond motifs is 1. The maximum atomic E-state index is 12.5. The fraction of sp³-hybridized carbons (Fsp3) is 0.200. The van der Waals surface area contributed by atoms with Gasteiger partial charge in [-0.15, -0.1) is 0 Å². The van der Waals surface area contributed by atoms with E-state index >= 15 is 0 Å². The molecule has 1 aliphatic carbocycles. The minimum absolute atomic E-state index is 0.178. The van der Waals surface area contributed by atoms with Crippen molar-refractivity contribution in [2.45, 2.75) is 19.4 Å². The SMILES string of the molecule is O=C(N/N=C/C1CC1)c1cn(Cc2ccc(Cl)cc2)c2ccccc12. The molecule has 0 spiro atoms. The third-order valence-electron chi connectivity index (χ3n) is 4.37. The molecule has 0 bridgehead atoms. The van der Waals surface area contributed by atoms with E-state index in [0.717, 1.165) is 21.5 Å². The van der Waals surface area contributed by atoms with Gasteiger partial charge in [0.2, 0.25) is 0 Å². The van der Waals surface area contributed by atoms with Crippen LogP contribution in [0.1, 0.15) is 28.8 Å². The van der Waals surface area contributed by atoms with E-state index in [-0.39, 0.29) is 5.91 Å². The lowest BCUT2D eigenvalue weighted by atomic mass is 10.2. The van der Waals surface area contributed by atoms with Crippen molar-refractivity contribution in [1.82, 2.24) is 9.99 Å². The van der Waals surface area contributed by atoms with E-state index in [4.69, 9.17) is 11.6 Å². The minimum atomic E-state index is -0.178. The van der Waals surface area contributed by atoms with Gasteiger partial charge in [0.15, 0.2) is 0 Å². The Balaban J connectivity index is 1.63. The van der Waals surface area contributed by atoms with Crippen molar-refractivity contribution < 1.29 is 4.79 Å². The van der Waals surface area contributed by atoms with Gasteiger partial charge in [-0.2, -0.15) is 5.10 Å². The number of aromatic nitrogens is 1. The highest BCUT2D eigenvalue weighted by molar-refractivity contribution is 6.30. The summed E-state index contributed by atoms with van der Waals surface area (Å²) in [5.41, 5.74) is 5.43. The van der Waals surface area contributed by atoms with Crippen LogP contribution in [0.4, 0.5) is 0 Å². The van der Waals surface area contributed by atoms with Crippen LogP contribution in [0, 0.1) is 5.92 Å². The van der Waals surface area contributed by atoms with Gasteiger partial charge < -0.3 is 4.57 Å². The van der Waals surface area contributed by atoms with Crippen molar-refractivity contribution >= 4 is 34.6 Å². The molecule has 1 aliphatic rings. The Kier molecular flexibility index (Phi) is 4.28. The van der Waals surface area contributed by atoms with Crippen LogP contribution in [0.25, 0.3) is 10.9 Å². The summed E-state index contributed by atoms with van der Waals surface area (Å²) < 4.78 is 2.08. The number of benzene rings is 2. The van der Waals surface area contributed by atoms with Crippen LogP contribution in [0.5, 0.6) is 0 Å². The highest BCUT2D eigenvalue weighted by Crippen LogP contribution is 2.26. The predicted molar refractivity (Wildman–Crippen MR) is 101 cm³/mol. The fourth-order valence-corrected chi connectivity index (χ4v) is 2.98. The van der Waals surface area contributed by atoms with Gasteiger partial charge in [0, 0.05) is 34.9 Å². The van der Waals surface area contributed by atoms with Crippen molar-refractivity contribution in [2.75, 3.05) is 0 Å². The zero-order valence-corrected chi connectivity index (χ0v) is 14.4. The Morgan fingerprint density at radius 1 is 1.20 bits per heavy atom. The number of carbonyl (C=O) groups is 1. The smallest absolute Gasteiger partial charge is 0.273 e. The normalized spacial score (nSPS) is 14.3. The van der Waals surface area contributed by atoms with Gasteiger partial charge in [0.25, 0.3) is 5.91 Å². The summed E-state index contributed by atoms with van der Waals surface area (Å²) in [7, 11) is 0. The molecule has 1 saturated carbocycles. The van der Waals surface area contributed by atoms with Crippen LogP contribution >= 0.6 is 11.6 Å². The Bertz CT molecular complexity index is 939. The number of para-hydroxylation sites is 1. The van der Waals surface area contributed by atoms with Gasteiger partial charge in [-0.1, -0.05) is 41.9 Å². The Hall–Kier alpha value is -2.59. The lowest BCUT2D eigenvalue weighted by molar-refractivity contribution is 0.0956. The molecule has 1 N–H and O–H groups in total. The average Bonchev–Trinajstić information content (AvgIpc) is 3.38. The Morgan fingerprint density at radius 3 is 2.72 bits per heavy atom. The van der Waals surface area contributed by atoms with E-state index in [1.165, 1.54) is 12.8 Å². The number of nitrogens with zero attached hydrogens (tertiary/aromatic N) is 2. The Morgan fingerprint density at radius 2 is 1.96 bits per heavy atom.